The topological polar surface area (TPSA) is 71.9 Å². The number of likely N-dealkylation sites (tertiary alicyclic amines) is 1. The minimum Gasteiger partial charge on any atom is -0.487 e. The van der Waals surface area contributed by atoms with E-state index in [2.05, 4.69) is 22.9 Å². The van der Waals surface area contributed by atoms with Gasteiger partial charge in [0.05, 0.1) is 24.0 Å². The number of pyridine rings is 1. The maximum Gasteiger partial charge on any atom is 0.337 e. The average Bonchev–Trinajstić information content (AvgIpc) is 3.07. The molecule has 2 unspecified atom stereocenters. The Morgan fingerprint density at radius 2 is 2.05 bits per heavy atom. The molecule has 2 aliphatic heterocycles. The van der Waals surface area contributed by atoms with Gasteiger partial charge in [-0.1, -0.05) is 42.8 Å². The van der Waals surface area contributed by atoms with E-state index >= 15 is 0 Å². The Bertz CT molecular complexity index is 1320. The van der Waals surface area contributed by atoms with Crippen molar-refractivity contribution in [1.29, 1.82) is 0 Å². The molecule has 1 saturated heterocycles. The van der Waals surface area contributed by atoms with E-state index < -0.39 is 5.60 Å². The first-order chi connectivity index (χ1) is 17.9. The molecule has 6 nitrogen and oxygen atoms in total. The van der Waals surface area contributed by atoms with Crippen LogP contribution in [-0.2, 0) is 16.9 Å². The molecule has 2 atom stereocenters. The number of piperidine rings is 1. The summed E-state index contributed by atoms with van der Waals surface area (Å²) in [4.78, 5) is 19.2. The fourth-order valence-corrected chi connectivity index (χ4v) is 5.51. The van der Waals surface area contributed by atoms with Crippen LogP contribution in [-0.4, -0.2) is 47.7 Å². The smallest absolute Gasteiger partial charge is 0.337 e. The Kier molecular flexibility index (Phi) is 7.33. The summed E-state index contributed by atoms with van der Waals surface area (Å²) in [7, 11) is 1.38. The number of hydrogen-bond donors (Lipinski definition) is 1. The van der Waals surface area contributed by atoms with Gasteiger partial charge in [-0.25, -0.2) is 4.79 Å². The maximum absolute atomic E-state index is 12.2. The normalized spacial score (nSPS) is 22.5. The van der Waals surface area contributed by atoms with Crippen molar-refractivity contribution in [2.24, 2.45) is 5.92 Å². The van der Waals surface area contributed by atoms with Gasteiger partial charge in [-0.3, -0.25) is 4.98 Å². The molecule has 2 aliphatic rings. The third-order valence-electron chi connectivity index (χ3n) is 7.53. The monoisotopic (exact) mass is 518 g/mol. The van der Waals surface area contributed by atoms with Crippen LogP contribution >= 0.6 is 11.6 Å². The Labute approximate surface area is 222 Å². The Morgan fingerprint density at radius 1 is 1.24 bits per heavy atom. The SMILES string of the molecule is COC(=O)c1ccc2c(c1)C(=CCCN1CCC(O)(c3ccc(Cl)cc3)C(C)C1)c1cccnc1CO2. The molecule has 0 radical (unpaired) electrons. The minimum absolute atomic E-state index is 0.0784. The van der Waals surface area contributed by atoms with Gasteiger partial charge in [-0.15, -0.1) is 0 Å². The lowest BCUT2D eigenvalue weighted by Gasteiger charge is -2.43. The molecule has 37 heavy (non-hydrogen) atoms. The van der Waals surface area contributed by atoms with Crippen LogP contribution in [0.25, 0.3) is 5.57 Å². The predicted molar refractivity (Wildman–Crippen MR) is 144 cm³/mol. The second kappa shape index (κ2) is 10.7. The van der Waals surface area contributed by atoms with Gasteiger partial charge >= 0.3 is 5.97 Å². The minimum atomic E-state index is -0.855. The molecule has 3 aromatic rings. The number of rotatable bonds is 5. The van der Waals surface area contributed by atoms with Gasteiger partial charge in [0.25, 0.3) is 0 Å². The Hall–Kier alpha value is -3.19. The van der Waals surface area contributed by atoms with Crippen LogP contribution in [0.1, 0.15) is 52.5 Å². The zero-order valence-electron chi connectivity index (χ0n) is 21.1. The zero-order valence-corrected chi connectivity index (χ0v) is 21.9. The quantitative estimate of drug-likeness (QED) is 0.452. The summed E-state index contributed by atoms with van der Waals surface area (Å²) in [5.74, 6) is 0.416. The van der Waals surface area contributed by atoms with Crippen LogP contribution in [0.3, 0.4) is 0 Å². The van der Waals surface area contributed by atoms with Crippen molar-refractivity contribution < 1.29 is 19.4 Å². The highest BCUT2D eigenvalue weighted by Gasteiger charge is 2.40. The molecule has 0 spiro atoms. The summed E-state index contributed by atoms with van der Waals surface area (Å²) in [5.41, 5.74) is 4.28. The molecule has 192 valence electrons. The van der Waals surface area contributed by atoms with Gasteiger partial charge in [0.15, 0.2) is 0 Å². The highest BCUT2D eigenvalue weighted by molar-refractivity contribution is 6.30. The van der Waals surface area contributed by atoms with E-state index in [1.54, 1.807) is 12.3 Å². The second-order valence-corrected chi connectivity index (χ2v) is 10.2. The molecule has 1 aromatic heterocycles. The average molecular weight is 519 g/mol. The molecular formula is C30H31ClN2O4. The van der Waals surface area contributed by atoms with Crippen molar-refractivity contribution in [3.63, 3.8) is 0 Å². The number of halogens is 1. The number of ether oxygens (including phenoxy) is 2. The largest absolute Gasteiger partial charge is 0.487 e. The molecule has 1 N–H and O–H groups in total. The van der Waals surface area contributed by atoms with E-state index in [0.29, 0.717) is 23.6 Å². The summed E-state index contributed by atoms with van der Waals surface area (Å²) in [6, 6.07) is 16.9. The van der Waals surface area contributed by atoms with Crippen molar-refractivity contribution >= 4 is 23.1 Å². The number of carbonyl (C=O) groups excluding carboxylic acids is 1. The van der Waals surface area contributed by atoms with Crippen LogP contribution in [0.5, 0.6) is 5.75 Å². The van der Waals surface area contributed by atoms with Crippen LogP contribution in [0, 0.1) is 5.92 Å². The first kappa shape index (κ1) is 25.5. The third-order valence-corrected chi connectivity index (χ3v) is 7.78. The number of methoxy groups -OCH3 is 1. The summed E-state index contributed by atoms with van der Waals surface area (Å²) >= 11 is 6.05. The van der Waals surface area contributed by atoms with E-state index in [4.69, 9.17) is 21.1 Å². The summed E-state index contributed by atoms with van der Waals surface area (Å²) in [6.45, 7) is 4.93. The van der Waals surface area contributed by atoms with Crippen LogP contribution < -0.4 is 4.74 Å². The fourth-order valence-electron chi connectivity index (χ4n) is 5.39. The number of esters is 1. The van der Waals surface area contributed by atoms with Crippen LogP contribution in [0.2, 0.25) is 5.02 Å². The molecular weight excluding hydrogens is 488 g/mol. The standard InChI is InChI=1S/C30H31ClN2O4/c1-20-18-33(16-13-30(20,35)22-8-10-23(31)11-9-22)15-4-6-24-25-5-3-14-32-27(25)19-37-28-12-7-21(17-26(24)28)29(34)36-2/h3,5-12,14,17,20,35H,4,13,15-16,18-19H2,1-2H3. The predicted octanol–water partition coefficient (Wildman–Crippen LogP) is 5.47. The Morgan fingerprint density at radius 3 is 2.81 bits per heavy atom. The molecule has 0 amide bonds. The first-order valence-corrected chi connectivity index (χ1v) is 13.0. The lowest BCUT2D eigenvalue weighted by Crippen LogP contribution is -2.49. The van der Waals surface area contributed by atoms with E-state index in [-0.39, 0.29) is 11.9 Å². The molecule has 2 aromatic carbocycles. The fraction of sp³-hybridized carbons (Fsp3) is 0.333. The lowest BCUT2D eigenvalue weighted by atomic mass is 9.77. The summed E-state index contributed by atoms with van der Waals surface area (Å²) in [6.07, 6.45) is 5.45. The van der Waals surface area contributed by atoms with Crippen LogP contribution in [0.15, 0.2) is 66.9 Å². The number of carbonyl (C=O) groups is 1. The highest BCUT2D eigenvalue weighted by Crippen LogP contribution is 2.39. The van der Waals surface area contributed by atoms with Gasteiger partial charge in [0.1, 0.15) is 12.4 Å². The van der Waals surface area contributed by atoms with Gasteiger partial charge in [0, 0.05) is 47.9 Å². The number of aliphatic hydroxyl groups is 1. The van der Waals surface area contributed by atoms with E-state index in [9.17, 15) is 9.90 Å². The van der Waals surface area contributed by atoms with Crippen molar-refractivity contribution in [2.75, 3.05) is 26.7 Å². The number of nitrogens with zero attached hydrogens (tertiary/aromatic N) is 2. The molecule has 3 heterocycles. The number of fused-ring (bicyclic) bond motifs is 2. The van der Waals surface area contributed by atoms with E-state index in [1.165, 1.54) is 7.11 Å². The van der Waals surface area contributed by atoms with Gasteiger partial charge < -0.3 is 19.5 Å². The number of benzene rings is 2. The lowest BCUT2D eigenvalue weighted by molar-refractivity contribution is -0.0706. The maximum atomic E-state index is 12.2. The Balaban J connectivity index is 1.36. The molecule has 0 aliphatic carbocycles. The number of aromatic nitrogens is 1. The van der Waals surface area contributed by atoms with Crippen LogP contribution in [0.4, 0.5) is 0 Å². The number of hydrogen-bond acceptors (Lipinski definition) is 6. The summed E-state index contributed by atoms with van der Waals surface area (Å²) in [5, 5.41) is 12.1. The van der Waals surface area contributed by atoms with Crippen molar-refractivity contribution in [1.82, 2.24) is 9.88 Å². The first-order valence-electron chi connectivity index (χ1n) is 12.6. The third kappa shape index (κ3) is 5.14. The van der Waals surface area contributed by atoms with Gasteiger partial charge in [0.2, 0.25) is 0 Å². The second-order valence-electron chi connectivity index (χ2n) is 9.78. The molecule has 0 bridgehead atoms. The molecule has 0 saturated carbocycles. The van der Waals surface area contributed by atoms with Crippen molar-refractivity contribution in [2.45, 2.75) is 32.0 Å². The van der Waals surface area contributed by atoms with E-state index in [0.717, 1.165) is 59.8 Å². The summed E-state index contributed by atoms with van der Waals surface area (Å²) < 4.78 is 11.0. The van der Waals surface area contributed by atoms with Crippen molar-refractivity contribution in [3.05, 3.63) is 99.8 Å². The van der Waals surface area contributed by atoms with Crippen molar-refractivity contribution in [3.8, 4) is 5.75 Å². The van der Waals surface area contributed by atoms with Gasteiger partial charge in [-0.2, -0.15) is 0 Å². The molecule has 1 fully saturated rings. The molecule has 7 heteroatoms. The molecule has 5 rings (SSSR count). The highest BCUT2D eigenvalue weighted by atomic mass is 35.5. The van der Waals surface area contributed by atoms with E-state index in [1.807, 2.05) is 48.5 Å². The zero-order chi connectivity index (χ0) is 26.0. The van der Waals surface area contributed by atoms with Gasteiger partial charge in [-0.05, 0) is 60.4 Å².